The van der Waals surface area contributed by atoms with Crippen molar-refractivity contribution in [2.75, 3.05) is 7.11 Å². The Balaban J connectivity index is 2.10. The number of rotatable bonds is 4. The van der Waals surface area contributed by atoms with Crippen molar-refractivity contribution < 1.29 is 9.53 Å². The van der Waals surface area contributed by atoms with E-state index < -0.39 is 6.23 Å². The SMILES string of the molecule is CO[C@H](NC(=O)c1ccccc1)c1ccccc1. The molecule has 0 spiro atoms. The van der Waals surface area contributed by atoms with Gasteiger partial charge in [-0.15, -0.1) is 0 Å². The van der Waals surface area contributed by atoms with Gasteiger partial charge in [-0.1, -0.05) is 48.5 Å². The number of nitrogens with one attached hydrogen (secondary N) is 1. The van der Waals surface area contributed by atoms with E-state index in [1.807, 2.05) is 48.5 Å². The molecule has 2 rings (SSSR count). The maximum absolute atomic E-state index is 12.0. The molecule has 1 amide bonds. The van der Waals surface area contributed by atoms with Crippen LogP contribution in [0.2, 0.25) is 0 Å². The van der Waals surface area contributed by atoms with Crippen LogP contribution < -0.4 is 5.32 Å². The molecular formula is C15H15NO2. The number of hydrogen-bond acceptors (Lipinski definition) is 2. The Morgan fingerprint density at radius 2 is 1.56 bits per heavy atom. The first-order valence-corrected chi connectivity index (χ1v) is 5.75. The van der Waals surface area contributed by atoms with Gasteiger partial charge in [0.15, 0.2) is 6.23 Å². The zero-order valence-electron chi connectivity index (χ0n) is 10.2. The minimum Gasteiger partial charge on any atom is -0.357 e. The summed E-state index contributed by atoms with van der Waals surface area (Å²) in [6.45, 7) is 0. The number of hydrogen-bond donors (Lipinski definition) is 1. The van der Waals surface area contributed by atoms with Crippen LogP contribution >= 0.6 is 0 Å². The van der Waals surface area contributed by atoms with Crippen molar-refractivity contribution in [1.29, 1.82) is 0 Å². The summed E-state index contributed by atoms with van der Waals surface area (Å²) in [5.41, 5.74) is 1.54. The van der Waals surface area contributed by atoms with E-state index >= 15 is 0 Å². The molecule has 0 aliphatic carbocycles. The highest BCUT2D eigenvalue weighted by molar-refractivity contribution is 5.94. The molecule has 3 heteroatoms. The second-order valence-corrected chi connectivity index (χ2v) is 3.87. The van der Waals surface area contributed by atoms with Gasteiger partial charge in [0.25, 0.3) is 5.91 Å². The molecule has 0 radical (unpaired) electrons. The highest BCUT2D eigenvalue weighted by atomic mass is 16.5. The van der Waals surface area contributed by atoms with E-state index in [2.05, 4.69) is 5.32 Å². The third-order valence-electron chi connectivity index (χ3n) is 2.64. The van der Waals surface area contributed by atoms with E-state index in [1.54, 1.807) is 19.2 Å². The first-order valence-electron chi connectivity index (χ1n) is 5.75. The fourth-order valence-corrected chi connectivity index (χ4v) is 1.70. The summed E-state index contributed by atoms with van der Waals surface area (Å²) < 4.78 is 5.30. The van der Waals surface area contributed by atoms with Gasteiger partial charge in [-0.25, -0.2) is 0 Å². The van der Waals surface area contributed by atoms with E-state index in [0.717, 1.165) is 5.56 Å². The Morgan fingerprint density at radius 3 is 2.11 bits per heavy atom. The Bertz CT molecular complexity index is 496. The molecule has 0 aliphatic rings. The number of amides is 1. The molecule has 92 valence electrons. The summed E-state index contributed by atoms with van der Waals surface area (Å²) in [6.07, 6.45) is -0.432. The predicted molar refractivity (Wildman–Crippen MR) is 70.1 cm³/mol. The molecule has 0 aliphatic heterocycles. The number of carbonyl (C=O) groups excluding carboxylic acids is 1. The fraction of sp³-hybridized carbons (Fsp3) is 0.133. The van der Waals surface area contributed by atoms with Gasteiger partial charge in [0, 0.05) is 18.2 Å². The Labute approximate surface area is 106 Å². The monoisotopic (exact) mass is 241 g/mol. The van der Waals surface area contributed by atoms with Crippen molar-refractivity contribution in [2.24, 2.45) is 0 Å². The molecule has 0 saturated carbocycles. The molecule has 2 aromatic rings. The van der Waals surface area contributed by atoms with Gasteiger partial charge >= 0.3 is 0 Å². The van der Waals surface area contributed by atoms with Crippen LogP contribution in [-0.4, -0.2) is 13.0 Å². The highest BCUT2D eigenvalue weighted by Gasteiger charge is 2.14. The summed E-state index contributed by atoms with van der Waals surface area (Å²) in [4.78, 5) is 12.0. The van der Waals surface area contributed by atoms with Crippen molar-refractivity contribution in [2.45, 2.75) is 6.23 Å². The van der Waals surface area contributed by atoms with Crippen molar-refractivity contribution in [1.82, 2.24) is 5.32 Å². The average molecular weight is 241 g/mol. The molecule has 0 unspecified atom stereocenters. The third-order valence-corrected chi connectivity index (χ3v) is 2.64. The van der Waals surface area contributed by atoms with Crippen molar-refractivity contribution in [3.05, 3.63) is 71.8 Å². The topological polar surface area (TPSA) is 38.3 Å². The van der Waals surface area contributed by atoms with Crippen LogP contribution in [0, 0.1) is 0 Å². The molecule has 18 heavy (non-hydrogen) atoms. The van der Waals surface area contributed by atoms with Crippen LogP contribution in [0.15, 0.2) is 60.7 Å². The smallest absolute Gasteiger partial charge is 0.253 e. The molecule has 3 nitrogen and oxygen atoms in total. The molecule has 2 aromatic carbocycles. The van der Waals surface area contributed by atoms with Gasteiger partial charge in [0.1, 0.15) is 0 Å². The minimum absolute atomic E-state index is 0.147. The Morgan fingerprint density at radius 1 is 1.00 bits per heavy atom. The Hall–Kier alpha value is -2.13. The molecule has 0 heterocycles. The van der Waals surface area contributed by atoms with E-state index in [1.165, 1.54) is 0 Å². The zero-order chi connectivity index (χ0) is 12.8. The van der Waals surface area contributed by atoms with Crippen molar-refractivity contribution in [3.63, 3.8) is 0 Å². The summed E-state index contributed by atoms with van der Waals surface area (Å²) >= 11 is 0. The van der Waals surface area contributed by atoms with E-state index in [-0.39, 0.29) is 5.91 Å². The lowest BCUT2D eigenvalue weighted by Gasteiger charge is -2.17. The highest BCUT2D eigenvalue weighted by Crippen LogP contribution is 2.13. The van der Waals surface area contributed by atoms with E-state index in [4.69, 9.17) is 4.74 Å². The van der Waals surface area contributed by atoms with Crippen LogP contribution in [0.5, 0.6) is 0 Å². The lowest BCUT2D eigenvalue weighted by molar-refractivity contribution is 0.0575. The van der Waals surface area contributed by atoms with Gasteiger partial charge in [0.2, 0.25) is 0 Å². The lowest BCUT2D eigenvalue weighted by atomic mass is 10.1. The maximum atomic E-state index is 12.0. The van der Waals surface area contributed by atoms with Crippen LogP contribution in [0.4, 0.5) is 0 Å². The fourth-order valence-electron chi connectivity index (χ4n) is 1.70. The molecule has 0 aromatic heterocycles. The van der Waals surface area contributed by atoms with Gasteiger partial charge < -0.3 is 10.1 Å². The van der Waals surface area contributed by atoms with Crippen LogP contribution in [0.3, 0.4) is 0 Å². The third kappa shape index (κ3) is 2.96. The van der Waals surface area contributed by atoms with E-state index in [0.29, 0.717) is 5.56 Å². The first-order chi connectivity index (χ1) is 8.81. The second-order valence-electron chi connectivity index (χ2n) is 3.87. The second kappa shape index (κ2) is 5.98. The average Bonchev–Trinajstić information content (AvgIpc) is 2.46. The molecule has 1 atom stereocenters. The number of ether oxygens (including phenoxy) is 1. The first kappa shape index (κ1) is 12.3. The number of methoxy groups -OCH3 is 1. The van der Waals surface area contributed by atoms with Gasteiger partial charge in [-0.2, -0.15) is 0 Å². The zero-order valence-corrected chi connectivity index (χ0v) is 10.2. The molecule has 0 saturated heterocycles. The quantitative estimate of drug-likeness (QED) is 0.836. The number of benzene rings is 2. The van der Waals surface area contributed by atoms with Crippen molar-refractivity contribution in [3.8, 4) is 0 Å². The summed E-state index contributed by atoms with van der Waals surface area (Å²) in [5, 5.41) is 2.84. The standard InChI is InChI=1S/C15H15NO2/c1-18-15(13-10-6-3-7-11-13)16-14(17)12-8-4-2-5-9-12/h2-11,15H,1H3,(H,16,17)/t15-/m0/s1. The van der Waals surface area contributed by atoms with Crippen LogP contribution in [0.1, 0.15) is 22.1 Å². The minimum atomic E-state index is -0.432. The number of carbonyl (C=O) groups is 1. The normalized spacial score (nSPS) is 11.8. The summed E-state index contributed by atoms with van der Waals surface area (Å²) in [5.74, 6) is -0.147. The molecular weight excluding hydrogens is 226 g/mol. The molecule has 0 fully saturated rings. The summed E-state index contributed by atoms with van der Waals surface area (Å²) in [7, 11) is 1.57. The molecule has 0 bridgehead atoms. The largest absolute Gasteiger partial charge is 0.357 e. The lowest BCUT2D eigenvalue weighted by Crippen LogP contribution is -2.29. The summed E-state index contributed by atoms with van der Waals surface area (Å²) in [6, 6.07) is 18.7. The van der Waals surface area contributed by atoms with Crippen LogP contribution in [-0.2, 0) is 4.74 Å². The van der Waals surface area contributed by atoms with Crippen LogP contribution in [0.25, 0.3) is 0 Å². The maximum Gasteiger partial charge on any atom is 0.253 e. The van der Waals surface area contributed by atoms with Gasteiger partial charge in [-0.3, -0.25) is 4.79 Å². The van der Waals surface area contributed by atoms with Gasteiger partial charge in [0.05, 0.1) is 0 Å². The van der Waals surface area contributed by atoms with Crippen molar-refractivity contribution >= 4 is 5.91 Å². The predicted octanol–water partition coefficient (Wildman–Crippen LogP) is 2.76. The molecule has 1 N–H and O–H groups in total. The van der Waals surface area contributed by atoms with Gasteiger partial charge in [-0.05, 0) is 12.1 Å². The Kier molecular flexibility index (Phi) is 4.10. The van der Waals surface area contributed by atoms with E-state index in [9.17, 15) is 4.79 Å².